The Morgan fingerprint density at radius 2 is 1.54 bits per heavy atom. The number of nitrogens with zero attached hydrogens (tertiary/aromatic N) is 1. The van der Waals surface area contributed by atoms with Gasteiger partial charge in [0.15, 0.2) is 0 Å². The van der Waals surface area contributed by atoms with Gasteiger partial charge in [-0.05, 0) is 63.9 Å². The van der Waals surface area contributed by atoms with Crippen LogP contribution in [0.1, 0.15) is 16.7 Å². The molecule has 1 aliphatic rings. The second kappa shape index (κ2) is 9.16. The summed E-state index contributed by atoms with van der Waals surface area (Å²) in [6.07, 6.45) is 1.73. The third-order valence-electron chi connectivity index (χ3n) is 5.87. The number of benzene rings is 4. The third kappa shape index (κ3) is 4.32. The van der Waals surface area contributed by atoms with Gasteiger partial charge in [0.1, 0.15) is 11.4 Å². The Kier molecular flexibility index (Phi) is 5.89. The molecule has 1 fully saturated rings. The lowest BCUT2D eigenvalue weighted by Crippen LogP contribution is -2.54. The highest BCUT2D eigenvalue weighted by atomic mass is 35.5. The van der Waals surface area contributed by atoms with E-state index in [0.717, 1.165) is 21.2 Å². The molecule has 0 unspecified atom stereocenters. The van der Waals surface area contributed by atoms with Gasteiger partial charge in [-0.15, -0.1) is 0 Å². The molecule has 35 heavy (non-hydrogen) atoms. The van der Waals surface area contributed by atoms with Crippen LogP contribution in [0.2, 0.25) is 5.02 Å². The second-order valence-corrected chi connectivity index (χ2v) is 8.50. The fraction of sp³-hybridized carbons (Fsp3) is 0.0357. The molecule has 0 aromatic heterocycles. The molecule has 0 bridgehead atoms. The highest BCUT2D eigenvalue weighted by molar-refractivity contribution is 6.39. The van der Waals surface area contributed by atoms with E-state index < -0.39 is 17.8 Å². The number of hydrogen-bond donors (Lipinski definition) is 1. The lowest BCUT2D eigenvalue weighted by molar-refractivity contribution is -0.122. The van der Waals surface area contributed by atoms with Gasteiger partial charge < -0.3 is 0 Å². The highest BCUT2D eigenvalue weighted by Crippen LogP contribution is 2.29. The summed E-state index contributed by atoms with van der Waals surface area (Å²) in [5.41, 5.74) is 1.90. The van der Waals surface area contributed by atoms with Crippen molar-refractivity contribution in [3.8, 4) is 0 Å². The van der Waals surface area contributed by atoms with Crippen LogP contribution < -0.4 is 10.2 Å². The summed E-state index contributed by atoms with van der Waals surface area (Å²) in [5.74, 6) is -1.90. The predicted octanol–water partition coefficient (Wildman–Crippen LogP) is 5.89. The molecule has 1 aliphatic heterocycles. The summed E-state index contributed by atoms with van der Waals surface area (Å²) in [6, 6.07) is 23.1. The maximum Gasteiger partial charge on any atom is 0.335 e. The van der Waals surface area contributed by atoms with Gasteiger partial charge in [0.05, 0.1) is 5.69 Å². The van der Waals surface area contributed by atoms with Crippen LogP contribution in [0.25, 0.3) is 16.8 Å². The minimum Gasteiger partial charge on any atom is -0.273 e. The van der Waals surface area contributed by atoms with Crippen molar-refractivity contribution in [1.82, 2.24) is 5.32 Å². The van der Waals surface area contributed by atoms with Crippen LogP contribution in [-0.4, -0.2) is 17.8 Å². The van der Waals surface area contributed by atoms with E-state index in [4.69, 9.17) is 11.6 Å². The molecule has 1 heterocycles. The first-order valence-corrected chi connectivity index (χ1v) is 11.2. The summed E-state index contributed by atoms with van der Waals surface area (Å²) in [6.45, 7) is 0. The van der Waals surface area contributed by atoms with Gasteiger partial charge in [0.25, 0.3) is 11.8 Å². The topological polar surface area (TPSA) is 66.5 Å². The van der Waals surface area contributed by atoms with Crippen molar-refractivity contribution in [2.45, 2.75) is 6.42 Å². The van der Waals surface area contributed by atoms with E-state index in [1.165, 1.54) is 24.3 Å². The van der Waals surface area contributed by atoms with E-state index in [2.05, 4.69) is 5.32 Å². The molecular weight excluding hydrogens is 467 g/mol. The first-order chi connectivity index (χ1) is 16.9. The van der Waals surface area contributed by atoms with Crippen molar-refractivity contribution in [3.63, 3.8) is 0 Å². The molecular formula is C28H18ClFN2O3. The number of fused-ring (bicyclic) bond motifs is 1. The number of rotatable bonds is 4. The number of hydrogen-bond acceptors (Lipinski definition) is 3. The SMILES string of the molecule is O=C1NC(=O)N(c2ccc(Cl)cc2)C(=O)/C1=C/c1c(Cc2ccccc2F)ccc2ccccc12. The van der Waals surface area contributed by atoms with Gasteiger partial charge >= 0.3 is 6.03 Å². The van der Waals surface area contributed by atoms with Crippen molar-refractivity contribution >= 4 is 52.0 Å². The Morgan fingerprint density at radius 3 is 2.31 bits per heavy atom. The molecule has 172 valence electrons. The van der Waals surface area contributed by atoms with Crippen LogP contribution in [0, 0.1) is 5.82 Å². The van der Waals surface area contributed by atoms with Gasteiger partial charge in [-0.3, -0.25) is 14.9 Å². The Balaban J connectivity index is 1.65. The molecule has 0 aliphatic carbocycles. The molecule has 0 saturated carbocycles. The number of amides is 4. The van der Waals surface area contributed by atoms with E-state index in [-0.39, 0.29) is 23.5 Å². The van der Waals surface area contributed by atoms with E-state index in [9.17, 15) is 18.8 Å². The molecule has 4 aromatic rings. The number of carbonyl (C=O) groups is 3. The average Bonchev–Trinajstić information content (AvgIpc) is 2.85. The van der Waals surface area contributed by atoms with Gasteiger partial charge in [0.2, 0.25) is 0 Å². The Bertz CT molecular complexity index is 1530. The number of urea groups is 1. The highest BCUT2D eigenvalue weighted by Gasteiger charge is 2.37. The third-order valence-corrected chi connectivity index (χ3v) is 6.13. The van der Waals surface area contributed by atoms with Gasteiger partial charge in [-0.1, -0.05) is 66.2 Å². The predicted molar refractivity (Wildman–Crippen MR) is 134 cm³/mol. The van der Waals surface area contributed by atoms with Crippen LogP contribution in [0.5, 0.6) is 0 Å². The monoisotopic (exact) mass is 484 g/mol. The zero-order chi connectivity index (χ0) is 24.5. The number of imide groups is 2. The molecule has 0 spiro atoms. The average molecular weight is 485 g/mol. The Morgan fingerprint density at radius 1 is 0.829 bits per heavy atom. The fourth-order valence-corrected chi connectivity index (χ4v) is 4.26. The maximum absolute atomic E-state index is 14.4. The van der Waals surface area contributed by atoms with E-state index in [0.29, 0.717) is 16.1 Å². The van der Waals surface area contributed by atoms with E-state index in [1.807, 2.05) is 36.4 Å². The van der Waals surface area contributed by atoms with Crippen LogP contribution in [0.3, 0.4) is 0 Å². The van der Waals surface area contributed by atoms with Crippen LogP contribution in [-0.2, 0) is 16.0 Å². The molecule has 1 saturated heterocycles. The fourth-order valence-electron chi connectivity index (χ4n) is 4.14. The second-order valence-electron chi connectivity index (χ2n) is 8.06. The van der Waals surface area contributed by atoms with Crippen molar-refractivity contribution in [2.75, 3.05) is 4.90 Å². The lowest BCUT2D eigenvalue weighted by atomic mass is 9.92. The largest absolute Gasteiger partial charge is 0.335 e. The first kappa shape index (κ1) is 22.5. The van der Waals surface area contributed by atoms with Crippen molar-refractivity contribution in [1.29, 1.82) is 0 Å². The molecule has 1 N–H and O–H groups in total. The van der Waals surface area contributed by atoms with Crippen LogP contribution in [0.4, 0.5) is 14.9 Å². The van der Waals surface area contributed by atoms with Gasteiger partial charge in [-0.25, -0.2) is 14.1 Å². The minimum atomic E-state index is -0.844. The summed E-state index contributed by atoms with van der Waals surface area (Å²) >= 11 is 5.94. The van der Waals surface area contributed by atoms with Gasteiger partial charge in [-0.2, -0.15) is 0 Å². The molecule has 0 radical (unpaired) electrons. The number of nitrogens with one attached hydrogen (secondary N) is 1. The number of halogens is 2. The smallest absolute Gasteiger partial charge is 0.273 e. The van der Waals surface area contributed by atoms with Crippen LogP contribution >= 0.6 is 11.6 Å². The molecule has 7 heteroatoms. The zero-order valence-corrected chi connectivity index (χ0v) is 19.1. The van der Waals surface area contributed by atoms with Crippen molar-refractivity contribution in [2.24, 2.45) is 0 Å². The van der Waals surface area contributed by atoms with Crippen molar-refractivity contribution in [3.05, 3.63) is 118 Å². The molecule has 5 rings (SSSR count). The Hall–Kier alpha value is -4.29. The zero-order valence-electron chi connectivity index (χ0n) is 18.3. The quantitative estimate of drug-likeness (QED) is 0.290. The maximum atomic E-state index is 14.4. The first-order valence-electron chi connectivity index (χ1n) is 10.8. The molecule has 5 nitrogen and oxygen atoms in total. The molecule has 4 aromatic carbocycles. The number of barbiturate groups is 1. The van der Waals surface area contributed by atoms with Crippen molar-refractivity contribution < 1.29 is 18.8 Å². The summed E-state index contributed by atoms with van der Waals surface area (Å²) in [5, 5.41) is 4.37. The van der Waals surface area contributed by atoms with E-state index >= 15 is 0 Å². The summed E-state index contributed by atoms with van der Waals surface area (Å²) in [7, 11) is 0. The molecule has 4 amide bonds. The number of anilines is 1. The summed E-state index contributed by atoms with van der Waals surface area (Å²) < 4.78 is 14.4. The lowest BCUT2D eigenvalue weighted by Gasteiger charge is -2.26. The summed E-state index contributed by atoms with van der Waals surface area (Å²) in [4.78, 5) is 39.6. The Labute approximate surface area is 205 Å². The van der Waals surface area contributed by atoms with Gasteiger partial charge in [0, 0.05) is 11.4 Å². The standard InChI is InChI=1S/C28H18ClFN2O3/c29-20-11-13-21(14-12-20)32-27(34)24(26(33)31-28(32)35)16-23-18(15-19-6-2-4-8-25(19)30)10-9-17-5-1-3-7-22(17)23/h1-14,16H,15H2,(H,31,33,35)/b24-16+. The normalized spacial score (nSPS) is 15.1. The molecule has 0 atom stereocenters. The number of carbonyl (C=O) groups excluding carboxylic acids is 3. The van der Waals surface area contributed by atoms with Crippen LogP contribution in [0.15, 0.2) is 90.5 Å². The minimum absolute atomic E-state index is 0.203. The van der Waals surface area contributed by atoms with E-state index in [1.54, 1.807) is 30.3 Å².